The first-order valence-corrected chi connectivity index (χ1v) is 5.62. The molecular weight excluding hydrogens is 234 g/mol. The molecule has 0 aromatic heterocycles. The first-order chi connectivity index (χ1) is 8.34. The van der Waals surface area contributed by atoms with Crippen molar-refractivity contribution in [2.45, 2.75) is 18.9 Å². The molecule has 1 aliphatic rings. The average molecular weight is 251 g/mol. The molecule has 3 N–H and O–H groups in total. The molecule has 0 spiro atoms. The maximum absolute atomic E-state index is 12.0. The molecule has 1 unspecified atom stereocenters. The van der Waals surface area contributed by atoms with Crippen LogP contribution in [-0.4, -0.2) is 47.1 Å². The van der Waals surface area contributed by atoms with Crippen LogP contribution in [0, 0.1) is 6.92 Å². The number of amides is 1. The molecule has 1 saturated heterocycles. The summed E-state index contributed by atoms with van der Waals surface area (Å²) in [7, 11) is 3.32. The maximum atomic E-state index is 12.0. The lowest BCUT2D eigenvalue weighted by atomic mass is 10.2. The van der Waals surface area contributed by atoms with Crippen LogP contribution < -0.4 is 10.4 Å². The number of anilines is 1. The zero-order valence-corrected chi connectivity index (χ0v) is 10.6. The number of hydrazine groups is 1. The summed E-state index contributed by atoms with van der Waals surface area (Å²) in [6.07, 6.45) is -0.883. The summed E-state index contributed by atoms with van der Waals surface area (Å²) in [5.74, 6) is -3.22. The van der Waals surface area contributed by atoms with Gasteiger partial charge in [0.05, 0.1) is 5.69 Å². The van der Waals surface area contributed by atoms with Crippen LogP contribution in [0.15, 0.2) is 24.3 Å². The first kappa shape index (κ1) is 13.0. The summed E-state index contributed by atoms with van der Waals surface area (Å²) in [6.45, 7) is 1.94. The predicted octanol–water partition coefficient (Wildman–Crippen LogP) is -0.585. The second kappa shape index (κ2) is 4.33. The Balaban J connectivity index is 2.32. The van der Waals surface area contributed by atoms with Crippen molar-refractivity contribution in [3.8, 4) is 0 Å². The van der Waals surface area contributed by atoms with Crippen molar-refractivity contribution in [3.63, 3.8) is 0 Å². The number of hydrogen-bond acceptors (Lipinski definition) is 5. The van der Waals surface area contributed by atoms with Gasteiger partial charge in [0.2, 0.25) is 0 Å². The number of benzene rings is 1. The number of nitrogens with one attached hydrogen (secondary N) is 1. The zero-order valence-electron chi connectivity index (χ0n) is 10.6. The molecule has 0 radical (unpaired) electrons. The van der Waals surface area contributed by atoms with Gasteiger partial charge in [-0.15, -0.1) is 0 Å². The minimum Gasteiger partial charge on any atom is -0.356 e. The van der Waals surface area contributed by atoms with Gasteiger partial charge in [0.1, 0.15) is 6.17 Å². The fraction of sp³-hybridized carbons (Fsp3) is 0.417. The SMILES string of the molecule is Cc1ccc(N2NC(N(C)C)C(O)(O)C2=O)cc1. The van der Waals surface area contributed by atoms with Crippen molar-refractivity contribution >= 4 is 11.6 Å². The lowest BCUT2D eigenvalue weighted by molar-refractivity contribution is -0.193. The van der Waals surface area contributed by atoms with Crippen molar-refractivity contribution in [2.75, 3.05) is 19.1 Å². The molecular formula is C12H17N3O3. The normalized spacial score (nSPS) is 22.9. The zero-order chi connectivity index (χ0) is 13.5. The number of hydrogen-bond donors (Lipinski definition) is 3. The van der Waals surface area contributed by atoms with Gasteiger partial charge in [-0.05, 0) is 33.2 Å². The fourth-order valence-corrected chi connectivity index (χ4v) is 1.91. The third-order valence-electron chi connectivity index (χ3n) is 2.96. The van der Waals surface area contributed by atoms with Gasteiger partial charge < -0.3 is 10.2 Å². The standard InChI is InChI=1S/C12H17N3O3/c1-8-4-6-9(7-5-8)15-11(16)12(17,18)10(13-15)14(2)3/h4-7,10,13,17-18H,1-3H3. The van der Waals surface area contributed by atoms with E-state index in [1.807, 2.05) is 19.1 Å². The topological polar surface area (TPSA) is 76.0 Å². The molecule has 1 aromatic rings. The Morgan fingerprint density at radius 1 is 1.28 bits per heavy atom. The van der Waals surface area contributed by atoms with E-state index in [4.69, 9.17) is 0 Å². The van der Waals surface area contributed by atoms with E-state index >= 15 is 0 Å². The highest BCUT2D eigenvalue weighted by atomic mass is 16.5. The highest BCUT2D eigenvalue weighted by Crippen LogP contribution is 2.25. The van der Waals surface area contributed by atoms with Crippen LogP contribution in [0.3, 0.4) is 0 Å². The van der Waals surface area contributed by atoms with Gasteiger partial charge in [-0.2, -0.15) is 0 Å². The van der Waals surface area contributed by atoms with E-state index in [1.165, 1.54) is 4.90 Å². The van der Waals surface area contributed by atoms with Gasteiger partial charge >= 0.3 is 5.91 Å². The number of carbonyl (C=O) groups is 1. The van der Waals surface area contributed by atoms with Crippen molar-refractivity contribution in [2.24, 2.45) is 0 Å². The number of rotatable bonds is 2. The predicted molar refractivity (Wildman–Crippen MR) is 66.4 cm³/mol. The molecule has 1 aromatic carbocycles. The van der Waals surface area contributed by atoms with Crippen LogP contribution in [0.1, 0.15) is 5.56 Å². The molecule has 0 bridgehead atoms. The molecule has 0 saturated carbocycles. The van der Waals surface area contributed by atoms with Crippen molar-refractivity contribution in [1.82, 2.24) is 10.3 Å². The van der Waals surface area contributed by atoms with Crippen LogP contribution in [0.5, 0.6) is 0 Å². The first-order valence-electron chi connectivity index (χ1n) is 5.62. The Kier molecular flexibility index (Phi) is 3.12. The molecule has 1 heterocycles. The maximum Gasteiger partial charge on any atom is 0.304 e. The van der Waals surface area contributed by atoms with Crippen LogP contribution in [0.25, 0.3) is 0 Å². The van der Waals surface area contributed by atoms with E-state index in [-0.39, 0.29) is 0 Å². The summed E-state index contributed by atoms with van der Waals surface area (Å²) in [4.78, 5) is 13.5. The molecule has 1 amide bonds. The van der Waals surface area contributed by atoms with E-state index in [1.54, 1.807) is 26.2 Å². The van der Waals surface area contributed by atoms with Crippen LogP contribution in [0.4, 0.5) is 5.69 Å². The van der Waals surface area contributed by atoms with Crippen LogP contribution in [-0.2, 0) is 4.79 Å². The summed E-state index contributed by atoms with van der Waals surface area (Å²) >= 11 is 0. The highest BCUT2D eigenvalue weighted by molar-refractivity contribution is 6.00. The molecule has 1 aliphatic heterocycles. The van der Waals surface area contributed by atoms with Crippen molar-refractivity contribution < 1.29 is 15.0 Å². The molecule has 6 heteroatoms. The minimum absolute atomic E-state index is 0.572. The molecule has 1 atom stereocenters. The Hall–Kier alpha value is -1.47. The van der Waals surface area contributed by atoms with E-state index in [0.29, 0.717) is 5.69 Å². The van der Waals surface area contributed by atoms with Crippen molar-refractivity contribution in [1.29, 1.82) is 0 Å². The third kappa shape index (κ3) is 1.99. The number of aryl methyl sites for hydroxylation is 1. The quantitative estimate of drug-likeness (QED) is 0.613. The van der Waals surface area contributed by atoms with Crippen LogP contribution >= 0.6 is 0 Å². The van der Waals surface area contributed by atoms with Gasteiger partial charge in [-0.1, -0.05) is 17.7 Å². The van der Waals surface area contributed by atoms with Gasteiger partial charge in [0.15, 0.2) is 0 Å². The van der Waals surface area contributed by atoms with Gasteiger partial charge in [-0.3, -0.25) is 9.69 Å². The van der Waals surface area contributed by atoms with Gasteiger partial charge in [0.25, 0.3) is 5.79 Å². The third-order valence-corrected chi connectivity index (χ3v) is 2.96. The summed E-state index contributed by atoms with van der Waals surface area (Å²) in [6, 6.07) is 7.19. The highest BCUT2D eigenvalue weighted by Gasteiger charge is 2.53. The van der Waals surface area contributed by atoms with E-state index in [2.05, 4.69) is 5.43 Å². The molecule has 6 nitrogen and oxygen atoms in total. The molecule has 1 fully saturated rings. The fourth-order valence-electron chi connectivity index (χ4n) is 1.91. The number of carbonyl (C=O) groups excluding carboxylic acids is 1. The summed E-state index contributed by atoms with van der Waals surface area (Å²) in [5.41, 5.74) is 4.41. The molecule has 2 rings (SSSR count). The van der Waals surface area contributed by atoms with E-state index in [0.717, 1.165) is 10.6 Å². The number of likely N-dealkylation sites (N-methyl/N-ethyl adjacent to an activating group) is 1. The Morgan fingerprint density at radius 3 is 2.28 bits per heavy atom. The minimum atomic E-state index is -2.44. The molecule has 18 heavy (non-hydrogen) atoms. The largest absolute Gasteiger partial charge is 0.356 e. The number of aliphatic hydroxyl groups is 2. The molecule has 0 aliphatic carbocycles. The van der Waals surface area contributed by atoms with E-state index < -0.39 is 17.9 Å². The van der Waals surface area contributed by atoms with Gasteiger partial charge in [0, 0.05) is 0 Å². The van der Waals surface area contributed by atoms with Gasteiger partial charge in [-0.25, -0.2) is 10.4 Å². The smallest absolute Gasteiger partial charge is 0.304 e. The van der Waals surface area contributed by atoms with Crippen molar-refractivity contribution in [3.05, 3.63) is 29.8 Å². The lowest BCUT2D eigenvalue weighted by Gasteiger charge is -2.25. The Bertz CT molecular complexity index is 456. The monoisotopic (exact) mass is 251 g/mol. The number of nitrogens with zero attached hydrogens (tertiary/aromatic N) is 2. The summed E-state index contributed by atoms with van der Waals surface area (Å²) in [5, 5.41) is 20.8. The van der Waals surface area contributed by atoms with E-state index in [9.17, 15) is 15.0 Å². The second-order valence-electron chi connectivity index (χ2n) is 4.70. The second-order valence-corrected chi connectivity index (χ2v) is 4.70. The Labute approximate surface area is 105 Å². The Morgan fingerprint density at radius 2 is 1.83 bits per heavy atom. The average Bonchev–Trinajstić information content (AvgIpc) is 2.53. The van der Waals surface area contributed by atoms with Crippen LogP contribution in [0.2, 0.25) is 0 Å². The molecule has 98 valence electrons. The summed E-state index contributed by atoms with van der Waals surface area (Å²) < 4.78 is 0. The lowest BCUT2D eigenvalue weighted by Crippen LogP contribution is -2.54.